The first kappa shape index (κ1) is 16.3. The standard InChI is InChI=1S/C15H21ClN2O2S/c1-4-7-21(19,20)18-10-15(2,3)13-9-17-14-8-11(16)5-6-12(13)14/h5-6,8-9,17-18H,4,7,10H2,1-3H3. The van der Waals surface area contributed by atoms with Gasteiger partial charge in [0.15, 0.2) is 0 Å². The van der Waals surface area contributed by atoms with E-state index in [1.54, 1.807) is 0 Å². The van der Waals surface area contributed by atoms with Gasteiger partial charge >= 0.3 is 0 Å². The van der Waals surface area contributed by atoms with Crippen LogP contribution in [0.5, 0.6) is 0 Å². The fourth-order valence-electron chi connectivity index (χ4n) is 2.38. The molecule has 116 valence electrons. The Morgan fingerprint density at radius 3 is 2.71 bits per heavy atom. The first-order valence-electron chi connectivity index (χ1n) is 6.99. The molecule has 1 aromatic carbocycles. The van der Waals surface area contributed by atoms with E-state index in [0.29, 0.717) is 18.0 Å². The number of nitrogens with one attached hydrogen (secondary N) is 2. The van der Waals surface area contributed by atoms with Crippen molar-refractivity contribution in [2.75, 3.05) is 12.3 Å². The second kappa shape index (κ2) is 5.99. The lowest BCUT2D eigenvalue weighted by atomic mass is 9.85. The molecule has 0 amide bonds. The van der Waals surface area contributed by atoms with Crippen LogP contribution < -0.4 is 4.72 Å². The molecule has 4 nitrogen and oxygen atoms in total. The lowest BCUT2D eigenvalue weighted by Crippen LogP contribution is -2.37. The Morgan fingerprint density at radius 1 is 1.33 bits per heavy atom. The van der Waals surface area contributed by atoms with Gasteiger partial charge in [-0.25, -0.2) is 13.1 Å². The van der Waals surface area contributed by atoms with Gasteiger partial charge in [0.2, 0.25) is 10.0 Å². The van der Waals surface area contributed by atoms with Crippen molar-refractivity contribution in [2.24, 2.45) is 0 Å². The van der Waals surface area contributed by atoms with Crippen LogP contribution in [0.3, 0.4) is 0 Å². The fourth-order valence-corrected chi connectivity index (χ4v) is 3.82. The maximum absolute atomic E-state index is 11.8. The predicted molar refractivity (Wildman–Crippen MR) is 88.4 cm³/mol. The summed E-state index contributed by atoms with van der Waals surface area (Å²) < 4.78 is 26.3. The fraction of sp³-hybridized carbons (Fsp3) is 0.467. The molecule has 0 atom stereocenters. The predicted octanol–water partition coefficient (Wildman–Crippen LogP) is 3.43. The van der Waals surface area contributed by atoms with E-state index in [1.165, 1.54) is 0 Å². The summed E-state index contributed by atoms with van der Waals surface area (Å²) in [6.45, 7) is 6.27. The number of rotatable bonds is 6. The van der Waals surface area contributed by atoms with Crippen LogP contribution in [0.1, 0.15) is 32.8 Å². The lowest BCUT2D eigenvalue weighted by Gasteiger charge is -2.24. The minimum Gasteiger partial charge on any atom is -0.361 e. The summed E-state index contributed by atoms with van der Waals surface area (Å²) in [6, 6.07) is 5.68. The van der Waals surface area contributed by atoms with E-state index in [0.717, 1.165) is 16.5 Å². The number of fused-ring (bicyclic) bond motifs is 1. The number of halogens is 1. The topological polar surface area (TPSA) is 62.0 Å². The molecule has 0 spiro atoms. The highest BCUT2D eigenvalue weighted by Crippen LogP contribution is 2.31. The van der Waals surface area contributed by atoms with Gasteiger partial charge in [-0.3, -0.25) is 0 Å². The summed E-state index contributed by atoms with van der Waals surface area (Å²) in [4.78, 5) is 3.20. The first-order chi connectivity index (χ1) is 9.75. The Morgan fingerprint density at radius 2 is 2.05 bits per heavy atom. The summed E-state index contributed by atoms with van der Waals surface area (Å²) >= 11 is 5.99. The van der Waals surface area contributed by atoms with Gasteiger partial charge in [-0.1, -0.05) is 38.4 Å². The van der Waals surface area contributed by atoms with Crippen LogP contribution in [-0.2, 0) is 15.4 Å². The van der Waals surface area contributed by atoms with Gasteiger partial charge in [0.25, 0.3) is 0 Å². The molecular formula is C15H21ClN2O2S. The molecule has 2 aromatic rings. The Balaban J connectivity index is 2.25. The minimum atomic E-state index is -3.20. The van der Waals surface area contributed by atoms with Crippen LogP contribution >= 0.6 is 11.6 Å². The molecule has 0 fully saturated rings. The van der Waals surface area contributed by atoms with Crippen molar-refractivity contribution >= 4 is 32.5 Å². The van der Waals surface area contributed by atoms with Crippen molar-refractivity contribution in [3.05, 3.63) is 35.0 Å². The molecule has 0 saturated carbocycles. The van der Waals surface area contributed by atoms with Crippen molar-refractivity contribution < 1.29 is 8.42 Å². The third-order valence-corrected chi connectivity index (χ3v) is 5.34. The third kappa shape index (κ3) is 3.78. The number of hydrogen-bond donors (Lipinski definition) is 2. The van der Waals surface area contributed by atoms with Crippen LogP contribution in [0.15, 0.2) is 24.4 Å². The van der Waals surface area contributed by atoms with E-state index >= 15 is 0 Å². The molecule has 0 bridgehead atoms. The molecule has 0 aliphatic carbocycles. The number of sulfonamides is 1. The van der Waals surface area contributed by atoms with Gasteiger partial charge in [0, 0.05) is 34.1 Å². The van der Waals surface area contributed by atoms with Crippen LogP contribution in [-0.4, -0.2) is 25.7 Å². The summed E-state index contributed by atoms with van der Waals surface area (Å²) in [5, 5.41) is 1.75. The van der Waals surface area contributed by atoms with Crippen molar-refractivity contribution in [2.45, 2.75) is 32.6 Å². The van der Waals surface area contributed by atoms with Gasteiger partial charge in [-0.15, -0.1) is 0 Å². The number of aromatic nitrogens is 1. The Kier molecular flexibility index (Phi) is 4.66. The second-order valence-corrected chi connectivity index (χ2v) is 8.28. The number of aromatic amines is 1. The van der Waals surface area contributed by atoms with Crippen LogP contribution in [0.25, 0.3) is 10.9 Å². The van der Waals surface area contributed by atoms with Crippen LogP contribution in [0.2, 0.25) is 5.02 Å². The molecule has 0 saturated heterocycles. The quantitative estimate of drug-likeness (QED) is 0.853. The summed E-state index contributed by atoms with van der Waals surface area (Å²) in [5.74, 6) is 0.159. The Hall–Kier alpha value is -1.04. The lowest BCUT2D eigenvalue weighted by molar-refractivity contribution is 0.504. The molecule has 0 aliphatic rings. The summed E-state index contributed by atoms with van der Waals surface area (Å²) in [7, 11) is -3.20. The SMILES string of the molecule is CCCS(=O)(=O)NCC(C)(C)c1c[nH]c2cc(Cl)ccc12. The van der Waals surface area contributed by atoms with E-state index in [1.807, 2.05) is 45.2 Å². The largest absolute Gasteiger partial charge is 0.361 e. The molecule has 0 unspecified atom stereocenters. The Bertz CT molecular complexity index is 735. The van der Waals surface area contributed by atoms with Gasteiger partial charge in [-0.2, -0.15) is 0 Å². The van der Waals surface area contributed by atoms with Crippen molar-refractivity contribution in [1.82, 2.24) is 9.71 Å². The van der Waals surface area contributed by atoms with E-state index in [4.69, 9.17) is 11.6 Å². The molecule has 0 aliphatic heterocycles. The number of H-pyrrole nitrogens is 1. The molecule has 0 radical (unpaired) electrons. The maximum Gasteiger partial charge on any atom is 0.211 e. The number of hydrogen-bond acceptors (Lipinski definition) is 2. The zero-order valence-electron chi connectivity index (χ0n) is 12.5. The summed E-state index contributed by atoms with van der Waals surface area (Å²) in [6.07, 6.45) is 2.54. The maximum atomic E-state index is 11.8. The monoisotopic (exact) mass is 328 g/mol. The van der Waals surface area contributed by atoms with Gasteiger partial charge in [0.05, 0.1) is 5.75 Å². The van der Waals surface area contributed by atoms with E-state index in [-0.39, 0.29) is 11.2 Å². The van der Waals surface area contributed by atoms with Crippen LogP contribution in [0, 0.1) is 0 Å². The molecule has 6 heteroatoms. The summed E-state index contributed by atoms with van der Waals surface area (Å²) in [5.41, 5.74) is 1.72. The smallest absolute Gasteiger partial charge is 0.211 e. The zero-order chi connectivity index (χ0) is 15.7. The first-order valence-corrected chi connectivity index (χ1v) is 9.02. The van der Waals surface area contributed by atoms with Gasteiger partial charge < -0.3 is 4.98 Å². The molecule has 21 heavy (non-hydrogen) atoms. The average Bonchev–Trinajstić information content (AvgIpc) is 2.80. The van der Waals surface area contributed by atoms with Crippen LogP contribution in [0.4, 0.5) is 0 Å². The van der Waals surface area contributed by atoms with Crippen molar-refractivity contribution in [1.29, 1.82) is 0 Å². The van der Waals surface area contributed by atoms with E-state index in [9.17, 15) is 8.42 Å². The zero-order valence-corrected chi connectivity index (χ0v) is 14.1. The molecule has 1 heterocycles. The number of benzene rings is 1. The van der Waals surface area contributed by atoms with Gasteiger partial charge in [-0.05, 0) is 24.1 Å². The highest BCUT2D eigenvalue weighted by atomic mass is 35.5. The van der Waals surface area contributed by atoms with Crippen molar-refractivity contribution in [3.8, 4) is 0 Å². The molecule has 2 rings (SSSR count). The van der Waals surface area contributed by atoms with Gasteiger partial charge in [0.1, 0.15) is 0 Å². The normalized spacial score (nSPS) is 13.0. The Labute approximate surface area is 130 Å². The van der Waals surface area contributed by atoms with Crippen molar-refractivity contribution in [3.63, 3.8) is 0 Å². The highest BCUT2D eigenvalue weighted by Gasteiger charge is 2.26. The molecular weight excluding hydrogens is 308 g/mol. The second-order valence-electron chi connectivity index (χ2n) is 5.92. The molecule has 2 N–H and O–H groups in total. The van der Waals surface area contributed by atoms with E-state index in [2.05, 4.69) is 9.71 Å². The van der Waals surface area contributed by atoms with E-state index < -0.39 is 10.0 Å². The highest BCUT2D eigenvalue weighted by molar-refractivity contribution is 7.89. The average molecular weight is 329 g/mol. The molecule has 1 aromatic heterocycles. The minimum absolute atomic E-state index is 0.159. The third-order valence-electron chi connectivity index (χ3n) is 3.58.